The van der Waals surface area contributed by atoms with Crippen LogP contribution in [0.1, 0.15) is 37.3 Å². The molecule has 0 aliphatic rings. The standard InChI is InChI=1S/C13H17ClO2/c1-3-8-16-13(15)10(2)12-6-4-11(9-14)5-7-12/h4-7,10H,3,8-9H2,1-2H3. The van der Waals surface area contributed by atoms with Gasteiger partial charge in [0.1, 0.15) is 0 Å². The van der Waals surface area contributed by atoms with Crippen molar-refractivity contribution in [2.75, 3.05) is 6.61 Å². The highest BCUT2D eigenvalue weighted by molar-refractivity contribution is 6.17. The third-order valence-electron chi connectivity index (χ3n) is 2.44. The van der Waals surface area contributed by atoms with Crippen LogP contribution in [0.5, 0.6) is 0 Å². The van der Waals surface area contributed by atoms with Crippen LogP contribution in [0.2, 0.25) is 0 Å². The first-order valence-electron chi connectivity index (χ1n) is 5.50. The lowest BCUT2D eigenvalue weighted by molar-refractivity contribution is -0.145. The lowest BCUT2D eigenvalue weighted by atomic mass is 10.0. The maximum Gasteiger partial charge on any atom is 0.313 e. The first-order valence-corrected chi connectivity index (χ1v) is 6.04. The van der Waals surface area contributed by atoms with Gasteiger partial charge in [0.05, 0.1) is 12.5 Å². The molecule has 88 valence electrons. The van der Waals surface area contributed by atoms with E-state index in [1.807, 2.05) is 38.1 Å². The fourth-order valence-electron chi connectivity index (χ4n) is 1.36. The predicted octanol–water partition coefficient (Wildman–Crippen LogP) is 3.48. The summed E-state index contributed by atoms with van der Waals surface area (Å²) in [5.74, 6) is 0.117. The minimum Gasteiger partial charge on any atom is -0.465 e. The van der Waals surface area contributed by atoms with Crippen molar-refractivity contribution in [2.24, 2.45) is 0 Å². The van der Waals surface area contributed by atoms with E-state index in [-0.39, 0.29) is 11.9 Å². The molecule has 2 nitrogen and oxygen atoms in total. The molecule has 0 radical (unpaired) electrons. The van der Waals surface area contributed by atoms with Crippen LogP contribution in [0.15, 0.2) is 24.3 Å². The number of esters is 1. The molecule has 0 spiro atoms. The van der Waals surface area contributed by atoms with Crippen LogP contribution in [0.4, 0.5) is 0 Å². The SMILES string of the molecule is CCCOC(=O)C(C)c1ccc(CCl)cc1. The Kier molecular flexibility index (Phi) is 5.33. The van der Waals surface area contributed by atoms with Gasteiger partial charge in [-0.15, -0.1) is 11.6 Å². The molecule has 1 unspecified atom stereocenters. The van der Waals surface area contributed by atoms with Crippen LogP contribution < -0.4 is 0 Å². The Morgan fingerprint density at radius 3 is 2.50 bits per heavy atom. The smallest absolute Gasteiger partial charge is 0.313 e. The van der Waals surface area contributed by atoms with Crippen LogP contribution in [-0.4, -0.2) is 12.6 Å². The normalized spacial score (nSPS) is 12.2. The number of rotatable bonds is 5. The number of alkyl halides is 1. The molecule has 1 rings (SSSR count). The van der Waals surface area contributed by atoms with E-state index in [0.717, 1.165) is 17.5 Å². The van der Waals surface area contributed by atoms with E-state index in [1.54, 1.807) is 0 Å². The molecule has 0 bridgehead atoms. The van der Waals surface area contributed by atoms with Crippen molar-refractivity contribution in [1.82, 2.24) is 0 Å². The van der Waals surface area contributed by atoms with Crippen LogP contribution in [0.3, 0.4) is 0 Å². The number of carbonyl (C=O) groups is 1. The highest BCUT2D eigenvalue weighted by atomic mass is 35.5. The molecule has 0 aliphatic heterocycles. The summed E-state index contributed by atoms with van der Waals surface area (Å²) in [7, 11) is 0. The molecule has 0 saturated heterocycles. The third kappa shape index (κ3) is 3.53. The van der Waals surface area contributed by atoms with E-state index in [9.17, 15) is 4.79 Å². The van der Waals surface area contributed by atoms with E-state index in [0.29, 0.717) is 12.5 Å². The zero-order valence-corrected chi connectivity index (χ0v) is 10.5. The quantitative estimate of drug-likeness (QED) is 0.582. The van der Waals surface area contributed by atoms with Crippen molar-refractivity contribution < 1.29 is 9.53 Å². The van der Waals surface area contributed by atoms with Gasteiger partial charge in [0.2, 0.25) is 0 Å². The molecule has 0 aromatic heterocycles. The Balaban J connectivity index is 2.64. The Bertz CT molecular complexity index is 332. The molecular weight excluding hydrogens is 224 g/mol. The molecule has 0 saturated carbocycles. The summed E-state index contributed by atoms with van der Waals surface area (Å²) in [6.07, 6.45) is 0.851. The Morgan fingerprint density at radius 2 is 2.00 bits per heavy atom. The van der Waals surface area contributed by atoms with E-state index in [4.69, 9.17) is 16.3 Å². The molecule has 1 aromatic carbocycles. The number of hydrogen-bond donors (Lipinski definition) is 0. The van der Waals surface area contributed by atoms with Crippen molar-refractivity contribution in [3.8, 4) is 0 Å². The monoisotopic (exact) mass is 240 g/mol. The number of carbonyl (C=O) groups excluding carboxylic acids is 1. The lowest BCUT2D eigenvalue weighted by Gasteiger charge is -2.11. The van der Waals surface area contributed by atoms with Gasteiger partial charge >= 0.3 is 5.97 Å². The first-order chi connectivity index (χ1) is 7.69. The van der Waals surface area contributed by atoms with Gasteiger partial charge < -0.3 is 4.74 Å². The minimum absolute atomic E-state index is 0.166. The maximum atomic E-state index is 11.6. The second-order valence-corrected chi connectivity index (χ2v) is 4.03. The fraction of sp³-hybridized carbons (Fsp3) is 0.462. The average molecular weight is 241 g/mol. The van der Waals surface area contributed by atoms with Crippen molar-refractivity contribution in [1.29, 1.82) is 0 Å². The van der Waals surface area contributed by atoms with Crippen molar-refractivity contribution in [2.45, 2.75) is 32.1 Å². The van der Waals surface area contributed by atoms with Gasteiger partial charge in [0, 0.05) is 5.88 Å². The molecule has 0 aliphatic carbocycles. The van der Waals surface area contributed by atoms with E-state index >= 15 is 0 Å². The van der Waals surface area contributed by atoms with Crippen LogP contribution in [-0.2, 0) is 15.4 Å². The van der Waals surface area contributed by atoms with Gasteiger partial charge in [-0.2, -0.15) is 0 Å². The summed E-state index contributed by atoms with van der Waals surface area (Å²) in [5, 5.41) is 0. The zero-order valence-electron chi connectivity index (χ0n) is 9.70. The molecular formula is C13H17ClO2. The van der Waals surface area contributed by atoms with Crippen LogP contribution >= 0.6 is 11.6 Å². The summed E-state index contributed by atoms with van der Waals surface area (Å²) in [4.78, 5) is 11.6. The van der Waals surface area contributed by atoms with Crippen LogP contribution in [0.25, 0.3) is 0 Å². The van der Waals surface area contributed by atoms with Gasteiger partial charge in [-0.3, -0.25) is 4.79 Å². The van der Waals surface area contributed by atoms with Gasteiger partial charge in [0.15, 0.2) is 0 Å². The van der Waals surface area contributed by atoms with Crippen molar-refractivity contribution in [3.05, 3.63) is 35.4 Å². The number of halogens is 1. The highest BCUT2D eigenvalue weighted by Gasteiger charge is 2.15. The molecule has 16 heavy (non-hydrogen) atoms. The summed E-state index contributed by atoms with van der Waals surface area (Å²) in [5.41, 5.74) is 2.02. The molecule has 0 amide bonds. The van der Waals surface area contributed by atoms with Gasteiger partial charge in [-0.05, 0) is 24.5 Å². The first kappa shape index (κ1) is 13.0. The summed E-state index contributed by atoms with van der Waals surface area (Å²) in [6.45, 7) is 4.32. The molecule has 0 heterocycles. The summed E-state index contributed by atoms with van der Waals surface area (Å²) in [6, 6.07) is 7.73. The van der Waals surface area contributed by atoms with Gasteiger partial charge in [0.25, 0.3) is 0 Å². The Morgan fingerprint density at radius 1 is 1.38 bits per heavy atom. The van der Waals surface area contributed by atoms with Crippen molar-refractivity contribution in [3.63, 3.8) is 0 Å². The molecule has 3 heteroatoms. The van der Waals surface area contributed by atoms with Gasteiger partial charge in [-0.1, -0.05) is 31.2 Å². The largest absolute Gasteiger partial charge is 0.465 e. The molecule has 1 aromatic rings. The van der Waals surface area contributed by atoms with E-state index < -0.39 is 0 Å². The summed E-state index contributed by atoms with van der Waals surface area (Å²) < 4.78 is 5.10. The number of benzene rings is 1. The number of ether oxygens (including phenoxy) is 1. The topological polar surface area (TPSA) is 26.3 Å². The zero-order chi connectivity index (χ0) is 12.0. The second kappa shape index (κ2) is 6.54. The average Bonchev–Trinajstić information content (AvgIpc) is 2.35. The summed E-state index contributed by atoms with van der Waals surface area (Å²) >= 11 is 5.70. The lowest BCUT2D eigenvalue weighted by Crippen LogP contribution is -2.13. The minimum atomic E-state index is -0.212. The Hall–Kier alpha value is -1.02. The van der Waals surface area contributed by atoms with Gasteiger partial charge in [-0.25, -0.2) is 0 Å². The second-order valence-electron chi connectivity index (χ2n) is 3.76. The molecule has 1 atom stereocenters. The van der Waals surface area contributed by atoms with Crippen LogP contribution in [0, 0.1) is 0 Å². The molecule has 0 N–H and O–H groups in total. The molecule has 0 fully saturated rings. The highest BCUT2D eigenvalue weighted by Crippen LogP contribution is 2.18. The third-order valence-corrected chi connectivity index (χ3v) is 2.74. The maximum absolute atomic E-state index is 11.6. The fourth-order valence-corrected chi connectivity index (χ4v) is 1.54. The number of hydrogen-bond acceptors (Lipinski definition) is 2. The predicted molar refractivity (Wildman–Crippen MR) is 65.7 cm³/mol. The van der Waals surface area contributed by atoms with E-state index in [2.05, 4.69) is 0 Å². The van der Waals surface area contributed by atoms with Crippen molar-refractivity contribution >= 4 is 17.6 Å². The Labute approximate surface area is 102 Å². The van der Waals surface area contributed by atoms with E-state index in [1.165, 1.54) is 0 Å².